The first kappa shape index (κ1) is 22.2. The fourth-order valence-electron chi connectivity index (χ4n) is 4.21. The van der Waals surface area contributed by atoms with Gasteiger partial charge in [0.05, 0.1) is 32.6 Å². The number of carbonyl (C=O) groups excluding carboxylic acids is 2. The molecule has 0 spiro atoms. The van der Waals surface area contributed by atoms with Gasteiger partial charge in [0.2, 0.25) is 0 Å². The monoisotopic (exact) mass is 447 g/mol. The van der Waals surface area contributed by atoms with Gasteiger partial charge in [-0.2, -0.15) is 0 Å². The van der Waals surface area contributed by atoms with E-state index in [1.165, 1.54) is 11.2 Å². The molecule has 0 aliphatic carbocycles. The van der Waals surface area contributed by atoms with Crippen LogP contribution in [0.1, 0.15) is 34.1 Å². The van der Waals surface area contributed by atoms with Crippen molar-refractivity contribution in [3.63, 3.8) is 0 Å². The van der Waals surface area contributed by atoms with Crippen LogP contribution in [0.3, 0.4) is 0 Å². The first-order valence-electron chi connectivity index (χ1n) is 10.5. The van der Waals surface area contributed by atoms with E-state index in [-0.39, 0.29) is 17.9 Å². The number of ketones is 1. The second-order valence-electron chi connectivity index (χ2n) is 7.89. The molecule has 1 fully saturated rings. The van der Waals surface area contributed by atoms with Gasteiger partial charge in [0.25, 0.3) is 11.7 Å². The van der Waals surface area contributed by atoms with Crippen LogP contribution in [0.5, 0.6) is 11.5 Å². The summed E-state index contributed by atoms with van der Waals surface area (Å²) in [4.78, 5) is 27.7. The van der Waals surface area contributed by atoms with Crippen LogP contribution in [-0.4, -0.2) is 35.9 Å². The topological polar surface area (TPSA) is 89.2 Å². The van der Waals surface area contributed by atoms with Crippen molar-refractivity contribution in [2.45, 2.75) is 26.4 Å². The number of hydrogen-bond acceptors (Lipinski definition) is 6. The van der Waals surface area contributed by atoms with Crippen LogP contribution in [0, 0.1) is 13.8 Å². The third-order valence-corrected chi connectivity index (χ3v) is 5.88. The van der Waals surface area contributed by atoms with Crippen molar-refractivity contribution in [1.29, 1.82) is 0 Å². The molecule has 7 nitrogen and oxygen atoms in total. The predicted octanol–water partition coefficient (Wildman–Crippen LogP) is 4.54. The standard InChI is InChI=1S/C26H25NO6/c1-15-13-21(32-4)16(2)12-18(15)24(28)22-23(20-10-7-11-33-20)27(26(30)25(22)29)14-17-8-5-6-9-19(17)31-3/h5-13,23,28H,14H2,1-4H3/b24-22-. The van der Waals surface area contributed by atoms with Crippen molar-refractivity contribution in [1.82, 2.24) is 4.90 Å². The van der Waals surface area contributed by atoms with Gasteiger partial charge in [0.1, 0.15) is 29.1 Å². The second-order valence-corrected chi connectivity index (χ2v) is 7.89. The molecule has 1 aliphatic heterocycles. The molecule has 7 heteroatoms. The molecule has 1 saturated heterocycles. The molecule has 33 heavy (non-hydrogen) atoms. The Morgan fingerprint density at radius 1 is 1.00 bits per heavy atom. The lowest BCUT2D eigenvalue weighted by Gasteiger charge is -2.24. The van der Waals surface area contributed by atoms with Crippen molar-refractivity contribution in [2.24, 2.45) is 0 Å². The maximum absolute atomic E-state index is 13.2. The van der Waals surface area contributed by atoms with Crippen molar-refractivity contribution in [2.75, 3.05) is 14.2 Å². The van der Waals surface area contributed by atoms with Gasteiger partial charge in [-0.05, 0) is 55.3 Å². The number of nitrogens with zero attached hydrogens (tertiary/aromatic N) is 1. The number of furan rings is 1. The summed E-state index contributed by atoms with van der Waals surface area (Å²) in [6.45, 7) is 3.76. The molecule has 1 aliphatic rings. The highest BCUT2D eigenvalue weighted by atomic mass is 16.5. The van der Waals surface area contributed by atoms with E-state index in [9.17, 15) is 14.7 Å². The molecule has 1 unspecified atom stereocenters. The molecule has 0 radical (unpaired) electrons. The first-order chi connectivity index (χ1) is 15.9. The number of ether oxygens (including phenoxy) is 2. The lowest BCUT2D eigenvalue weighted by atomic mass is 9.95. The van der Waals surface area contributed by atoms with Crippen molar-refractivity contribution in [3.8, 4) is 11.5 Å². The minimum atomic E-state index is -0.883. The number of carbonyl (C=O) groups is 2. The Labute approximate surface area is 191 Å². The number of Topliss-reactive ketones (excluding diaryl/α,β-unsaturated/α-hetero) is 1. The normalized spacial score (nSPS) is 17.5. The number of benzene rings is 2. The number of amides is 1. The van der Waals surface area contributed by atoms with E-state index >= 15 is 0 Å². The molecular weight excluding hydrogens is 422 g/mol. The third kappa shape index (κ3) is 3.86. The van der Waals surface area contributed by atoms with Crippen LogP contribution in [0.15, 0.2) is 64.8 Å². The Morgan fingerprint density at radius 3 is 2.39 bits per heavy atom. The second kappa shape index (κ2) is 8.86. The fourth-order valence-corrected chi connectivity index (χ4v) is 4.21. The summed E-state index contributed by atoms with van der Waals surface area (Å²) in [6.07, 6.45) is 1.47. The molecule has 4 rings (SSSR count). The number of likely N-dealkylation sites (tertiary alicyclic amines) is 1. The molecule has 2 heterocycles. The zero-order valence-corrected chi connectivity index (χ0v) is 18.9. The van der Waals surface area contributed by atoms with E-state index in [4.69, 9.17) is 13.9 Å². The molecule has 0 saturated carbocycles. The number of aliphatic hydroxyl groups is 1. The van der Waals surface area contributed by atoms with Crippen LogP contribution in [0.2, 0.25) is 0 Å². The minimum absolute atomic E-state index is 0.0162. The van der Waals surface area contributed by atoms with Gasteiger partial charge >= 0.3 is 0 Å². The lowest BCUT2D eigenvalue weighted by Crippen LogP contribution is -2.29. The average molecular weight is 447 g/mol. The maximum Gasteiger partial charge on any atom is 0.296 e. The van der Waals surface area contributed by atoms with Crippen LogP contribution in [-0.2, 0) is 16.1 Å². The smallest absolute Gasteiger partial charge is 0.296 e. The lowest BCUT2D eigenvalue weighted by molar-refractivity contribution is -0.140. The highest BCUT2D eigenvalue weighted by Crippen LogP contribution is 2.42. The maximum atomic E-state index is 13.2. The van der Waals surface area contributed by atoms with E-state index < -0.39 is 17.7 Å². The van der Waals surface area contributed by atoms with Gasteiger partial charge in [-0.25, -0.2) is 0 Å². The Balaban J connectivity index is 1.87. The molecule has 1 atom stereocenters. The molecule has 3 aromatic rings. The molecule has 170 valence electrons. The number of para-hydroxylation sites is 1. The minimum Gasteiger partial charge on any atom is -0.507 e. The summed E-state index contributed by atoms with van der Waals surface area (Å²) in [5.74, 6) is -0.0834. The predicted molar refractivity (Wildman–Crippen MR) is 122 cm³/mol. The number of rotatable bonds is 6. The Kier molecular flexibility index (Phi) is 5.96. The Morgan fingerprint density at radius 2 is 1.73 bits per heavy atom. The Hall–Kier alpha value is -4.00. The number of aliphatic hydroxyl groups excluding tert-OH is 1. The van der Waals surface area contributed by atoms with Gasteiger partial charge in [-0.1, -0.05) is 18.2 Å². The molecule has 1 aromatic heterocycles. The SMILES string of the molecule is COc1cc(C)c(/C(O)=C2/C(=O)C(=O)N(Cc3ccccc3OC)C2c2ccco2)cc1C. The Bertz CT molecular complexity index is 1240. The van der Waals surface area contributed by atoms with E-state index in [1.54, 1.807) is 44.6 Å². The zero-order valence-electron chi connectivity index (χ0n) is 18.9. The first-order valence-corrected chi connectivity index (χ1v) is 10.5. The van der Waals surface area contributed by atoms with Crippen molar-refractivity contribution >= 4 is 17.4 Å². The molecule has 0 bridgehead atoms. The van der Waals surface area contributed by atoms with Gasteiger partial charge in [0.15, 0.2) is 0 Å². The largest absolute Gasteiger partial charge is 0.507 e. The summed E-state index contributed by atoms with van der Waals surface area (Å²) < 4.78 is 16.4. The third-order valence-electron chi connectivity index (χ3n) is 5.88. The number of methoxy groups -OCH3 is 2. The summed E-state index contributed by atoms with van der Waals surface area (Å²) in [6, 6.07) is 13.3. The average Bonchev–Trinajstić information content (AvgIpc) is 3.43. The van der Waals surface area contributed by atoms with Gasteiger partial charge in [-0.3, -0.25) is 9.59 Å². The fraction of sp³-hybridized carbons (Fsp3) is 0.231. The van der Waals surface area contributed by atoms with Crippen LogP contribution >= 0.6 is 0 Å². The van der Waals surface area contributed by atoms with Crippen LogP contribution in [0.25, 0.3) is 5.76 Å². The molecule has 1 amide bonds. The van der Waals surface area contributed by atoms with E-state index in [0.29, 0.717) is 28.4 Å². The molecule has 2 aromatic carbocycles. The van der Waals surface area contributed by atoms with E-state index in [0.717, 1.165) is 11.1 Å². The summed E-state index contributed by atoms with van der Waals surface area (Å²) in [5, 5.41) is 11.3. The van der Waals surface area contributed by atoms with Crippen LogP contribution < -0.4 is 9.47 Å². The summed E-state index contributed by atoms with van der Waals surface area (Å²) in [5.41, 5.74) is 2.68. The highest BCUT2D eigenvalue weighted by molar-refractivity contribution is 6.46. The molecule has 1 N–H and O–H groups in total. The zero-order chi connectivity index (χ0) is 23.7. The summed E-state index contributed by atoms with van der Waals surface area (Å²) >= 11 is 0. The van der Waals surface area contributed by atoms with Crippen molar-refractivity contribution in [3.05, 3.63) is 88.4 Å². The quantitative estimate of drug-likeness (QED) is 0.339. The van der Waals surface area contributed by atoms with Gasteiger partial charge in [0, 0.05) is 11.1 Å². The molecular formula is C26H25NO6. The van der Waals surface area contributed by atoms with Crippen LogP contribution in [0.4, 0.5) is 0 Å². The summed E-state index contributed by atoms with van der Waals surface area (Å²) in [7, 11) is 3.12. The van der Waals surface area contributed by atoms with Gasteiger partial charge in [-0.15, -0.1) is 0 Å². The highest BCUT2D eigenvalue weighted by Gasteiger charge is 2.47. The number of hydrogen-bond donors (Lipinski definition) is 1. The van der Waals surface area contributed by atoms with E-state index in [2.05, 4.69) is 0 Å². The van der Waals surface area contributed by atoms with E-state index in [1.807, 2.05) is 32.0 Å². The number of aryl methyl sites for hydroxylation is 2. The van der Waals surface area contributed by atoms with Gasteiger partial charge < -0.3 is 23.9 Å². The van der Waals surface area contributed by atoms with Crippen molar-refractivity contribution < 1.29 is 28.6 Å².